The molecule has 0 radical (unpaired) electrons. The standard InChI is InChI=1S/C11H13N3S/c1-8-5-9(12)7-10(6-8)15-11-13-3-4-14(11)2/h3-7H,12H2,1-2H3. The van der Waals surface area contributed by atoms with Gasteiger partial charge in [0.1, 0.15) is 0 Å². The number of aromatic nitrogens is 2. The van der Waals surface area contributed by atoms with Gasteiger partial charge in [0.15, 0.2) is 5.16 Å². The van der Waals surface area contributed by atoms with Crippen molar-refractivity contribution < 1.29 is 0 Å². The van der Waals surface area contributed by atoms with E-state index in [1.165, 1.54) is 5.56 Å². The fourth-order valence-electron chi connectivity index (χ4n) is 1.39. The van der Waals surface area contributed by atoms with Gasteiger partial charge in [-0.15, -0.1) is 0 Å². The van der Waals surface area contributed by atoms with E-state index in [2.05, 4.69) is 11.1 Å². The van der Waals surface area contributed by atoms with Crippen molar-refractivity contribution in [3.63, 3.8) is 0 Å². The Labute approximate surface area is 93.3 Å². The highest BCUT2D eigenvalue weighted by Crippen LogP contribution is 2.28. The van der Waals surface area contributed by atoms with Gasteiger partial charge < -0.3 is 10.3 Å². The lowest BCUT2D eigenvalue weighted by Crippen LogP contribution is -1.90. The minimum absolute atomic E-state index is 0.798. The van der Waals surface area contributed by atoms with Crippen molar-refractivity contribution in [3.8, 4) is 0 Å². The van der Waals surface area contributed by atoms with Gasteiger partial charge in [-0.2, -0.15) is 0 Å². The van der Waals surface area contributed by atoms with Crippen molar-refractivity contribution in [1.82, 2.24) is 9.55 Å². The molecule has 2 N–H and O–H groups in total. The number of anilines is 1. The van der Waals surface area contributed by atoms with Crippen molar-refractivity contribution in [2.75, 3.05) is 5.73 Å². The fraction of sp³-hybridized carbons (Fsp3) is 0.182. The number of aryl methyl sites for hydroxylation is 2. The van der Waals surface area contributed by atoms with Gasteiger partial charge in [-0.25, -0.2) is 4.98 Å². The van der Waals surface area contributed by atoms with Gasteiger partial charge in [0.25, 0.3) is 0 Å². The first-order valence-corrected chi connectivity index (χ1v) is 5.49. The van der Waals surface area contributed by atoms with Gasteiger partial charge >= 0.3 is 0 Å². The lowest BCUT2D eigenvalue weighted by atomic mass is 10.2. The summed E-state index contributed by atoms with van der Waals surface area (Å²) in [7, 11) is 1.98. The first-order valence-electron chi connectivity index (χ1n) is 4.67. The van der Waals surface area contributed by atoms with Gasteiger partial charge in [-0.3, -0.25) is 0 Å². The Morgan fingerprint density at radius 1 is 1.33 bits per heavy atom. The van der Waals surface area contributed by atoms with Gasteiger partial charge in [-0.05, 0) is 30.7 Å². The molecule has 15 heavy (non-hydrogen) atoms. The fourth-order valence-corrected chi connectivity index (χ4v) is 2.36. The summed E-state index contributed by atoms with van der Waals surface area (Å²) in [5, 5.41) is 0.972. The molecule has 4 heteroatoms. The van der Waals surface area contributed by atoms with E-state index in [4.69, 9.17) is 5.73 Å². The third kappa shape index (κ3) is 2.33. The Bertz CT molecular complexity index is 456. The normalized spacial score (nSPS) is 10.5. The van der Waals surface area contributed by atoms with E-state index in [1.54, 1.807) is 18.0 Å². The van der Waals surface area contributed by atoms with Crippen molar-refractivity contribution >= 4 is 17.4 Å². The molecule has 0 aliphatic heterocycles. The quantitative estimate of drug-likeness (QED) is 0.789. The maximum atomic E-state index is 5.79. The summed E-state index contributed by atoms with van der Waals surface area (Å²) >= 11 is 1.62. The first kappa shape index (κ1) is 10.1. The van der Waals surface area contributed by atoms with Crippen LogP contribution in [0.1, 0.15) is 5.56 Å². The van der Waals surface area contributed by atoms with E-state index in [9.17, 15) is 0 Å². The number of hydrogen-bond acceptors (Lipinski definition) is 3. The highest BCUT2D eigenvalue weighted by molar-refractivity contribution is 7.99. The molecule has 0 saturated carbocycles. The predicted octanol–water partition coefficient (Wildman–Crippen LogP) is 2.46. The summed E-state index contributed by atoms with van der Waals surface area (Å²) in [6.07, 6.45) is 3.73. The van der Waals surface area contributed by atoms with Crippen LogP contribution in [0, 0.1) is 6.92 Å². The molecule has 2 aromatic rings. The molecule has 0 fully saturated rings. The van der Waals surface area contributed by atoms with Gasteiger partial charge in [0.2, 0.25) is 0 Å². The Kier molecular flexibility index (Phi) is 2.68. The van der Waals surface area contributed by atoms with Crippen molar-refractivity contribution in [2.24, 2.45) is 7.05 Å². The highest BCUT2D eigenvalue weighted by atomic mass is 32.2. The second-order valence-electron chi connectivity index (χ2n) is 3.50. The summed E-state index contributed by atoms with van der Waals surface area (Å²) in [6.45, 7) is 2.04. The summed E-state index contributed by atoms with van der Waals surface area (Å²) in [6, 6.07) is 6.03. The molecule has 78 valence electrons. The van der Waals surface area contributed by atoms with Crippen molar-refractivity contribution in [1.29, 1.82) is 0 Å². The lowest BCUT2D eigenvalue weighted by molar-refractivity contribution is 0.790. The zero-order chi connectivity index (χ0) is 10.8. The van der Waals surface area contributed by atoms with Gasteiger partial charge in [0, 0.05) is 30.0 Å². The number of nitrogen functional groups attached to an aromatic ring is 1. The van der Waals surface area contributed by atoms with Crippen LogP contribution in [0.5, 0.6) is 0 Å². The molecule has 1 heterocycles. The third-order valence-corrected chi connectivity index (χ3v) is 3.11. The number of rotatable bonds is 2. The van der Waals surface area contributed by atoms with E-state index in [1.807, 2.05) is 36.9 Å². The molecule has 1 aromatic heterocycles. The summed E-state index contributed by atoms with van der Waals surface area (Å²) in [4.78, 5) is 5.38. The third-order valence-electron chi connectivity index (χ3n) is 2.06. The van der Waals surface area contributed by atoms with E-state index < -0.39 is 0 Å². The van der Waals surface area contributed by atoms with Crippen LogP contribution >= 0.6 is 11.8 Å². The van der Waals surface area contributed by atoms with Gasteiger partial charge in [0.05, 0.1) is 0 Å². The zero-order valence-electron chi connectivity index (χ0n) is 8.77. The molecule has 0 unspecified atom stereocenters. The zero-order valence-corrected chi connectivity index (χ0v) is 9.58. The summed E-state index contributed by atoms with van der Waals surface area (Å²) in [5.41, 5.74) is 7.76. The molecule has 0 bridgehead atoms. The Morgan fingerprint density at radius 3 is 2.73 bits per heavy atom. The second kappa shape index (κ2) is 3.98. The summed E-state index contributed by atoms with van der Waals surface area (Å²) < 4.78 is 1.99. The monoisotopic (exact) mass is 219 g/mol. The number of nitrogens with zero attached hydrogens (tertiary/aromatic N) is 2. The van der Waals surface area contributed by atoms with Crippen LogP contribution in [0.4, 0.5) is 5.69 Å². The van der Waals surface area contributed by atoms with Crippen LogP contribution in [0.3, 0.4) is 0 Å². The average molecular weight is 219 g/mol. The molecule has 0 saturated heterocycles. The molecule has 0 aliphatic carbocycles. The van der Waals surface area contributed by atoms with Crippen molar-refractivity contribution in [2.45, 2.75) is 17.0 Å². The SMILES string of the molecule is Cc1cc(N)cc(Sc2nccn2C)c1. The van der Waals surface area contributed by atoms with E-state index in [-0.39, 0.29) is 0 Å². The Hall–Kier alpha value is -1.42. The van der Waals surface area contributed by atoms with Crippen molar-refractivity contribution in [3.05, 3.63) is 36.2 Å². The lowest BCUT2D eigenvalue weighted by Gasteiger charge is -2.04. The van der Waals surface area contributed by atoms with E-state index in [0.29, 0.717) is 0 Å². The van der Waals surface area contributed by atoms with Crippen LogP contribution in [-0.2, 0) is 7.05 Å². The second-order valence-corrected chi connectivity index (χ2v) is 4.54. The minimum Gasteiger partial charge on any atom is -0.399 e. The van der Waals surface area contributed by atoms with Crippen LogP contribution in [0.25, 0.3) is 0 Å². The number of hydrogen-bond donors (Lipinski definition) is 1. The Balaban J connectivity index is 2.28. The maximum absolute atomic E-state index is 5.79. The molecule has 0 atom stereocenters. The maximum Gasteiger partial charge on any atom is 0.172 e. The predicted molar refractivity (Wildman–Crippen MR) is 62.9 cm³/mol. The van der Waals surface area contributed by atoms with E-state index in [0.717, 1.165) is 15.7 Å². The van der Waals surface area contributed by atoms with Crippen LogP contribution in [0.2, 0.25) is 0 Å². The first-order chi connectivity index (χ1) is 7.15. The summed E-state index contributed by atoms with van der Waals surface area (Å²) in [5.74, 6) is 0. The molecule has 0 amide bonds. The highest BCUT2D eigenvalue weighted by Gasteiger charge is 2.03. The molecule has 0 aliphatic rings. The molecule has 0 spiro atoms. The molecule has 2 rings (SSSR count). The van der Waals surface area contributed by atoms with Crippen LogP contribution in [0.15, 0.2) is 40.6 Å². The minimum atomic E-state index is 0.798. The number of nitrogens with two attached hydrogens (primary N) is 1. The smallest absolute Gasteiger partial charge is 0.172 e. The molecular formula is C11H13N3S. The van der Waals surface area contributed by atoms with Crippen LogP contribution in [-0.4, -0.2) is 9.55 Å². The average Bonchev–Trinajstić information content (AvgIpc) is 2.50. The van der Waals surface area contributed by atoms with E-state index >= 15 is 0 Å². The molecule has 3 nitrogen and oxygen atoms in total. The Morgan fingerprint density at radius 2 is 2.13 bits per heavy atom. The number of imidazole rings is 1. The topological polar surface area (TPSA) is 43.8 Å². The number of benzene rings is 1. The largest absolute Gasteiger partial charge is 0.399 e. The van der Waals surface area contributed by atoms with Crippen LogP contribution < -0.4 is 5.73 Å². The molecular weight excluding hydrogens is 206 g/mol. The van der Waals surface area contributed by atoms with Gasteiger partial charge in [-0.1, -0.05) is 11.8 Å². The molecule has 1 aromatic carbocycles.